The predicted molar refractivity (Wildman–Crippen MR) is 233 cm³/mol. The standard InChI is InChI=1S/C45H83FN3O9P/c1-3-5-7-9-11-13-15-17-19-21-23-25-27-29-31-54-35-37(55-32-30-28-26-24-22-20-18-16-14-12-10-8-6-4-2)36-56-59(52,53)58-40-33-38-41(50)42(40)57-44(38)49-34-39(46)43(47)48-45(49)51/h34,37-38,40-42,44,50H,3-33,35-36H2,1-2H3,(H,52,53)(H2,47,48,51)/t37-,38-,40?,41+,42-,44-/m1/s1. The summed E-state index contributed by atoms with van der Waals surface area (Å²) in [4.78, 5) is 26.5. The zero-order valence-corrected chi connectivity index (χ0v) is 37.8. The molecule has 7 atom stereocenters. The van der Waals surface area contributed by atoms with Crippen LogP contribution in [-0.4, -0.2) is 70.4 Å². The molecule has 0 amide bonds. The van der Waals surface area contributed by atoms with Crippen LogP contribution in [-0.2, 0) is 27.8 Å². The quantitative estimate of drug-likeness (QED) is 0.0426. The van der Waals surface area contributed by atoms with E-state index in [1.54, 1.807) is 0 Å². The Hall–Kier alpha value is -1.44. The molecule has 0 aromatic carbocycles. The summed E-state index contributed by atoms with van der Waals surface area (Å²) in [6.45, 7) is 5.63. The molecule has 59 heavy (non-hydrogen) atoms. The number of fused-ring (bicyclic) bond motifs is 2. The molecule has 1 aliphatic carbocycles. The van der Waals surface area contributed by atoms with Crippen LogP contribution in [0.2, 0.25) is 0 Å². The Morgan fingerprint density at radius 3 is 1.69 bits per heavy atom. The van der Waals surface area contributed by atoms with Crippen molar-refractivity contribution < 1.29 is 42.2 Å². The van der Waals surface area contributed by atoms with Gasteiger partial charge in [0, 0.05) is 19.1 Å². The van der Waals surface area contributed by atoms with Crippen molar-refractivity contribution in [2.45, 2.75) is 231 Å². The Bertz CT molecular complexity index is 1330. The maximum Gasteiger partial charge on any atom is 0.472 e. The normalized spacial score (nSPS) is 21.7. The molecule has 344 valence electrons. The highest BCUT2D eigenvalue weighted by Crippen LogP contribution is 2.53. The van der Waals surface area contributed by atoms with Crippen LogP contribution in [0.3, 0.4) is 0 Å². The highest BCUT2D eigenvalue weighted by Gasteiger charge is 2.57. The Balaban J connectivity index is 1.33. The molecule has 1 aromatic rings. The van der Waals surface area contributed by atoms with Crippen molar-refractivity contribution in [1.29, 1.82) is 0 Å². The summed E-state index contributed by atoms with van der Waals surface area (Å²) in [5, 5.41) is 10.8. The predicted octanol–water partition coefficient (Wildman–Crippen LogP) is 11.1. The minimum absolute atomic E-state index is 0.0875. The molecule has 4 N–H and O–H groups in total. The van der Waals surface area contributed by atoms with Gasteiger partial charge in [-0.3, -0.25) is 13.6 Å². The van der Waals surface area contributed by atoms with E-state index in [4.69, 9.17) is 29.0 Å². The van der Waals surface area contributed by atoms with Gasteiger partial charge in [0.05, 0.1) is 31.6 Å². The second-order valence-electron chi connectivity index (χ2n) is 17.2. The first kappa shape index (κ1) is 51.9. The van der Waals surface area contributed by atoms with E-state index < -0.39 is 61.7 Å². The lowest BCUT2D eigenvalue weighted by Gasteiger charge is -2.29. The van der Waals surface area contributed by atoms with Crippen molar-refractivity contribution >= 4 is 13.6 Å². The fourth-order valence-electron chi connectivity index (χ4n) is 8.42. The van der Waals surface area contributed by atoms with Gasteiger partial charge in [0.1, 0.15) is 18.4 Å². The van der Waals surface area contributed by atoms with Crippen LogP contribution in [0.4, 0.5) is 10.2 Å². The average Bonchev–Trinajstić information content (AvgIpc) is 3.68. The molecular formula is C45H83FN3O9P. The van der Waals surface area contributed by atoms with Crippen LogP contribution in [0.25, 0.3) is 0 Å². The van der Waals surface area contributed by atoms with Gasteiger partial charge in [-0.1, -0.05) is 181 Å². The summed E-state index contributed by atoms with van der Waals surface area (Å²) in [5.74, 6) is -2.12. The average molecular weight is 860 g/mol. The van der Waals surface area contributed by atoms with Crippen molar-refractivity contribution in [3.8, 4) is 0 Å². The largest absolute Gasteiger partial charge is 0.472 e. The van der Waals surface area contributed by atoms with Crippen LogP contribution in [0.15, 0.2) is 11.0 Å². The number of nitrogens with two attached hydrogens (primary N) is 1. The van der Waals surface area contributed by atoms with E-state index >= 15 is 0 Å². The van der Waals surface area contributed by atoms with Crippen LogP contribution >= 0.6 is 7.82 Å². The number of ether oxygens (including phenoxy) is 3. The van der Waals surface area contributed by atoms with Gasteiger partial charge in [-0.15, -0.1) is 0 Å². The number of aromatic nitrogens is 2. The second kappa shape index (κ2) is 31.4. The summed E-state index contributed by atoms with van der Waals surface area (Å²) >= 11 is 0. The molecule has 1 aromatic heterocycles. The molecule has 2 bridgehead atoms. The Morgan fingerprint density at radius 2 is 1.24 bits per heavy atom. The summed E-state index contributed by atoms with van der Waals surface area (Å²) in [6, 6.07) is 0. The number of unbranched alkanes of at least 4 members (excludes halogenated alkanes) is 26. The molecule has 1 saturated carbocycles. The van der Waals surface area contributed by atoms with E-state index in [1.165, 1.54) is 148 Å². The monoisotopic (exact) mass is 860 g/mol. The smallest absolute Gasteiger partial charge is 0.390 e. The van der Waals surface area contributed by atoms with Gasteiger partial charge in [-0.2, -0.15) is 4.98 Å². The molecule has 1 saturated heterocycles. The summed E-state index contributed by atoms with van der Waals surface area (Å²) in [5.41, 5.74) is 4.58. The van der Waals surface area contributed by atoms with Gasteiger partial charge in [0.15, 0.2) is 11.6 Å². The third kappa shape index (κ3) is 21.5. The molecule has 14 heteroatoms. The van der Waals surface area contributed by atoms with E-state index in [2.05, 4.69) is 18.8 Å². The molecule has 3 rings (SSSR count). The highest BCUT2D eigenvalue weighted by atomic mass is 31.2. The SMILES string of the molecule is CCCCCCCCCCCCCCCCOC[C@H](COP(=O)(O)OC1C[C@@H]2[C@H](O)[C@@H]1O[C@H]2n1cc(F)c(N)nc1=O)OCCCCCCCCCCCCCCCC. The number of phosphoric acid groups is 1. The van der Waals surface area contributed by atoms with Gasteiger partial charge < -0.3 is 29.9 Å². The molecular weight excluding hydrogens is 776 g/mol. The number of hydrogen-bond donors (Lipinski definition) is 3. The topological polar surface area (TPSA) is 165 Å². The molecule has 2 aliphatic rings. The lowest BCUT2D eigenvalue weighted by molar-refractivity contribution is -0.107. The summed E-state index contributed by atoms with van der Waals surface area (Å²) in [6.07, 6.45) is 32.1. The highest BCUT2D eigenvalue weighted by molar-refractivity contribution is 7.47. The zero-order chi connectivity index (χ0) is 42.6. The third-order valence-corrected chi connectivity index (χ3v) is 13.0. The fourth-order valence-corrected chi connectivity index (χ4v) is 9.38. The Labute approximate surface area is 355 Å². The van der Waals surface area contributed by atoms with Crippen molar-refractivity contribution in [3.05, 3.63) is 22.5 Å². The molecule has 2 unspecified atom stereocenters. The summed E-state index contributed by atoms with van der Waals surface area (Å²) in [7, 11) is -4.60. The van der Waals surface area contributed by atoms with E-state index in [-0.39, 0.29) is 19.6 Å². The van der Waals surface area contributed by atoms with Gasteiger partial charge in [-0.05, 0) is 19.3 Å². The number of rotatable bonds is 39. The minimum Gasteiger partial charge on any atom is -0.390 e. The zero-order valence-electron chi connectivity index (χ0n) is 36.9. The number of halogens is 1. The van der Waals surface area contributed by atoms with E-state index in [0.29, 0.717) is 13.2 Å². The first-order chi connectivity index (χ1) is 28.7. The minimum atomic E-state index is -4.60. The lowest BCUT2D eigenvalue weighted by atomic mass is 10.0. The van der Waals surface area contributed by atoms with Crippen LogP contribution in [0.5, 0.6) is 0 Å². The lowest BCUT2D eigenvalue weighted by Crippen LogP contribution is -2.37. The number of nitrogens with zero attached hydrogens (tertiary/aromatic N) is 2. The van der Waals surface area contributed by atoms with Crippen LogP contribution in [0, 0.1) is 11.7 Å². The second-order valence-corrected chi connectivity index (χ2v) is 18.6. The molecule has 2 fully saturated rings. The van der Waals surface area contributed by atoms with Gasteiger partial charge in [-0.25, -0.2) is 13.8 Å². The van der Waals surface area contributed by atoms with Crippen LogP contribution in [0.1, 0.15) is 206 Å². The molecule has 1 aliphatic heterocycles. The van der Waals surface area contributed by atoms with Gasteiger partial charge >= 0.3 is 13.5 Å². The number of aliphatic hydroxyl groups excluding tert-OH is 1. The van der Waals surface area contributed by atoms with Crippen molar-refractivity contribution in [1.82, 2.24) is 9.55 Å². The van der Waals surface area contributed by atoms with Crippen molar-refractivity contribution in [3.63, 3.8) is 0 Å². The number of phosphoric ester groups is 1. The molecule has 0 radical (unpaired) electrons. The third-order valence-electron chi connectivity index (χ3n) is 12.0. The van der Waals surface area contributed by atoms with Crippen molar-refractivity contribution in [2.75, 3.05) is 32.2 Å². The Kier molecular flexibility index (Phi) is 27.6. The number of aliphatic hydroxyl groups is 1. The number of anilines is 1. The van der Waals surface area contributed by atoms with Gasteiger partial charge in [0.25, 0.3) is 0 Å². The van der Waals surface area contributed by atoms with E-state index in [1.807, 2.05) is 0 Å². The Morgan fingerprint density at radius 1 is 0.780 bits per heavy atom. The molecule has 0 spiro atoms. The maximum atomic E-state index is 14.1. The van der Waals surface area contributed by atoms with Crippen molar-refractivity contribution in [2.24, 2.45) is 5.92 Å². The first-order valence-corrected chi connectivity index (χ1v) is 25.4. The fraction of sp³-hybridized carbons (Fsp3) is 0.911. The van der Waals surface area contributed by atoms with Crippen LogP contribution < -0.4 is 11.4 Å². The number of nitrogen functional groups attached to an aromatic ring is 1. The van der Waals surface area contributed by atoms with Gasteiger partial charge in [0.2, 0.25) is 0 Å². The van der Waals surface area contributed by atoms with E-state index in [9.17, 15) is 23.7 Å². The molecule has 2 heterocycles. The number of hydrogen-bond acceptors (Lipinski definition) is 10. The molecule has 12 nitrogen and oxygen atoms in total. The maximum absolute atomic E-state index is 14.1. The first-order valence-electron chi connectivity index (χ1n) is 23.9. The summed E-state index contributed by atoms with van der Waals surface area (Å²) < 4.78 is 57.0. The van der Waals surface area contributed by atoms with E-state index in [0.717, 1.165) is 42.9 Å².